The van der Waals surface area contributed by atoms with Crippen LogP contribution in [-0.4, -0.2) is 35.7 Å². The normalized spacial score (nSPS) is 12.5. The molecule has 0 saturated heterocycles. The lowest BCUT2D eigenvalue weighted by molar-refractivity contribution is -0.274. The smallest absolute Gasteiger partial charge is 0.406 e. The molecular formula is C17H7Cl2F7N4O4S. The minimum absolute atomic E-state index is 0.0179. The lowest BCUT2D eigenvalue weighted by atomic mass is 10.2. The predicted octanol–water partition coefficient (Wildman–Crippen LogP) is 4.75. The van der Waals surface area contributed by atoms with Gasteiger partial charge in [-0.1, -0.05) is 28.4 Å². The summed E-state index contributed by atoms with van der Waals surface area (Å²) in [7, 11) is -4.84. The maximum absolute atomic E-state index is 13.8. The van der Waals surface area contributed by atoms with Gasteiger partial charge in [0.1, 0.15) is 11.6 Å². The van der Waals surface area contributed by atoms with Gasteiger partial charge in [0.05, 0.1) is 20.6 Å². The van der Waals surface area contributed by atoms with Gasteiger partial charge in [-0.2, -0.15) is 13.2 Å². The number of alkyl halides is 6. The highest BCUT2D eigenvalue weighted by Gasteiger charge is 2.43. The van der Waals surface area contributed by atoms with Crippen LogP contribution in [0.15, 0.2) is 41.3 Å². The Kier molecular flexibility index (Phi) is 6.93. The molecule has 0 aliphatic carbocycles. The number of carbonyl (C=O) groups is 1. The summed E-state index contributed by atoms with van der Waals surface area (Å²) < 4.78 is 121. The Labute approximate surface area is 200 Å². The fraction of sp³-hybridized carbons (Fsp3) is 0.118. The first-order valence-corrected chi connectivity index (χ1v) is 10.8. The van der Waals surface area contributed by atoms with Gasteiger partial charge in [0.2, 0.25) is 0 Å². The molecule has 1 heterocycles. The third kappa shape index (κ3) is 5.94. The molecule has 188 valence electrons. The molecule has 2 aromatic carbocycles. The second kappa shape index (κ2) is 9.16. The van der Waals surface area contributed by atoms with Crippen molar-refractivity contribution in [2.24, 2.45) is 0 Å². The molecule has 0 fully saturated rings. The van der Waals surface area contributed by atoms with E-state index in [1.54, 1.807) is 0 Å². The topological polar surface area (TPSA) is 103 Å². The van der Waals surface area contributed by atoms with Gasteiger partial charge < -0.3 is 4.74 Å². The Morgan fingerprint density at radius 3 is 2.20 bits per heavy atom. The van der Waals surface area contributed by atoms with E-state index in [0.29, 0.717) is 36.4 Å². The summed E-state index contributed by atoms with van der Waals surface area (Å²) in [4.78, 5) is 11.7. The summed E-state index contributed by atoms with van der Waals surface area (Å²) >= 11 is 11.3. The Balaban J connectivity index is 2.02. The van der Waals surface area contributed by atoms with Crippen LogP contribution in [0.25, 0.3) is 5.69 Å². The van der Waals surface area contributed by atoms with Crippen molar-refractivity contribution >= 4 is 39.1 Å². The standard InChI is InChI=1S/C17H7Cl2F7N4O4S/c18-9-6-8(2-3-11(9)20)35(32,33)28-15(31)13-14(16(21,22)23)30(29-27-13)12-4-1-7(5-10(12)19)34-17(24,25)26/h1-6H,(H,28,31). The number of nitrogens with one attached hydrogen (secondary N) is 1. The SMILES string of the molecule is O=C(NS(=O)(=O)c1ccc(F)c(Cl)c1)c1nnn(-c2ccc(OC(F)(F)F)cc2Cl)c1C(F)(F)F. The maximum atomic E-state index is 13.8. The van der Waals surface area contributed by atoms with Crippen molar-refractivity contribution in [2.75, 3.05) is 0 Å². The van der Waals surface area contributed by atoms with Gasteiger partial charge in [0.25, 0.3) is 15.9 Å². The number of benzene rings is 2. The van der Waals surface area contributed by atoms with Crippen LogP contribution < -0.4 is 9.46 Å². The summed E-state index contributed by atoms with van der Waals surface area (Å²) in [5.41, 5.74) is -4.07. The molecule has 8 nitrogen and oxygen atoms in total. The highest BCUT2D eigenvalue weighted by molar-refractivity contribution is 7.90. The van der Waals surface area contributed by atoms with Crippen molar-refractivity contribution < 1.29 is 48.7 Å². The van der Waals surface area contributed by atoms with Crippen LogP contribution in [0, 0.1) is 5.82 Å². The number of hydrogen-bond acceptors (Lipinski definition) is 6. The summed E-state index contributed by atoms with van der Waals surface area (Å²) in [6.45, 7) is 0. The van der Waals surface area contributed by atoms with Crippen LogP contribution in [0.1, 0.15) is 16.2 Å². The van der Waals surface area contributed by atoms with Crippen LogP contribution in [-0.2, 0) is 16.2 Å². The molecule has 0 saturated carbocycles. The zero-order chi connectivity index (χ0) is 26.3. The minimum Gasteiger partial charge on any atom is -0.406 e. The summed E-state index contributed by atoms with van der Waals surface area (Å²) in [6, 6.07) is 3.79. The van der Waals surface area contributed by atoms with Crippen LogP contribution >= 0.6 is 23.2 Å². The molecule has 0 atom stereocenters. The van der Waals surface area contributed by atoms with Gasteiger partial charge in [0, 0.05) is 6.07 Å². The van der Waals surface area contributed by atoms with Crippen molar-refractivity contribution in [3.05, 3.63) is 63.6 Å². The van der Waals surface area contributed by atoms with Gasteiger partial charge in [-0.15, -0.1) is 18.3 Å². The number of carbonyl (C=O) groups excluding carboxylic acids is 1. The highest BCUT2D eigenvalue weighted by Crippen LogP contribution is 2.36. The Bertz CT molecular complexity index is 1410. The van der Waals surface area contributed by atoms with Gasteiger partial charge in [-0.3, -0.25) is 4.79 Å². The fourth-order valence-electron chi connectivity index (χ4n) is 2.59. The van der Waals surface area contributed by atoms with E-state index in [4.69, 9.17) is 23.2 Å². The second-order valence-electron chi connectivity index (χ2n) is 6.37. The minimum atomic E-state index is -5.37. The van der Waals surface area contributed by atoms with Gasteiger partial charge in [-0.05, 0) is 30.3 Å². The Morgan fingerprint density at radius 2 is 1.66 bits per heavy atom. The first kappa shape index (κ1) is 26.5. The predicted molar refractivity (Wildman–Crippen MR) is 104 cm³/mol. The first-order chi connectivity index (χ1) is 16.0. The number of sulfonamides is 1. The molecule has 0 aliphatic heterocycles. The molecular weight excluding hydrogens is 560 g/mol. The molecule has 18 heteroatoms. The number of rotatable bonds is 5. The average Bonchev–Trinajstić information content (AvgIpc) is 3.14. The van der Waals surface area contributed by atoms with E-state index in [1.165, 1.54) is 4.72 Å². The molecule has 0 spiro atoms. The van der Waals surface area contributed by atoms with Crippen molar-refractivity contribution in [3.63, 3.8) is 0 Å². The van der Waals surface area contributed by atoms with E-state index in [0.717, 1.165) is 0 Å². The summed E-state index contributed by atoms with van der Waals surface area (Å²) in [6.07, 6.45) is -10.5. The second-order valence-corrected chi connectivity index (χ2v) is 8.86. The molecule has 3 aromatic rings. The summed E-state index contributed by atoms with van der Waals surface area (Å²) in [5, 5.41) is 4.84. The number of halogens is 9. The molecule has 1 aromatic heterocycles. The van der Waals surface area contributed by atoms with Crippen molar-refractivity contribution in [1.82, 2.24) is 19.7 Å². The molecule has 0 radical (unpaired) electrons. The fourth-order valence-corrected chi connectivity index (χ4v) is 4.06. The van der Waals surface area contributed by atoms with Gasteiger partial charge in [0.15, 0.2) is 11.4 Å². The number of ether oxygens (including phenoxy) is 1. The third-order valence-electron chi connectivity index (χ3n) is 3.96. The van der Waals surface area contributed by atoms with Gasteiger partial charge in [-0.25, -0.2) is 22.2 Å². The van der Waals surface area contributed by atoms with E-state index in [9.17, 15) is 43.9 Å². The Morgan fingerprint density at radius 1 is 1.00 bits per heavy atom. The van der Waals surface area contributed by atoms with Gasteiger partial charge >= 0.3 is 12.5 Å². The van der Waals surface area contributed by atoms with E-state index in [-0.39, 0.29) is 4.68 Å². The molecule has 1 amide bonds. The zero-order valence-corrected chi connectivity index (χ0v) is 18.6. The molecule has 1 N–H and O–H groups in total. The highest BCUT2D eigenvalue weighted by atomic mass is 35.5. The van der Waals surface area contributed by atoms with Crippen molar-refractivity contribution in [3.8, 4) is 11.4 Å². The van der Waals surface area contributed by atoms with Crippen LogP contribution in [0.5, 0.6) is 5.75 Å². The van der Waals surface area contributed by atoms with E-state index in [1.807, 2.05) is 0 Å². The van der Waals surface area contributed by atoms with E-state index in [2.05, 4.69) is 15.0 Å². The maximum Gasteiger partial charge on any atom is 0.573 e. The first-order valence-electron chi connectivity index (χ1n) is 8.60. The number of aromatic nitrogens is 3. The van der Waals surface area contributed by atoms with E-state index < -0.39 is 72.1 Å². The van der Waals surface area contributed by atoms with Crippen LogP contribution in [0.2, 0.25) is 10.0 Å². The zero-order valence-electron chi connectivity index (χ0n) is 16.2. The average molecular weight is 567 g/mol. The third-order valence-corrected chi connectivity index (χ3v) is 5.88. The van der Waals surface area contributed by atoms with Crippen molar-refractivity contribution in [2.45, 2.75) is 17.4 Å². The van der Waals surface area contributed by atoms with Crippen molar-refractivity contribution in [1.29, 1.82) is 0 Å². The molecule has 0 bridgehead atoms. The van der Waals surface area contributed by atoms with Crippen LogP contribution in [0.3, 0.4) is 0 Å². The lowest BCUT2D eigenvalue weighted by Crippen LogP contribution is -2.32. The lowest BCUT2D eigenvalue weighted by Gasteiger charge is -2.14. The number of amides is 1. The molecule has 0 aliphatic rings. The Hall–Kier alpha value is -3.11. The summed E-state index contributed by atoms with van der Waals surface area (Å²) in [5.74, 6) is -3.73. The molecule has 0 unspecified atom stereocenters. The number of nitrogens with zero attached hydrogens (tertiary/aromatic N) is 3. The monoisotopic (exact) mass is 566 g/mol. The quantitative estimate of drug-likeness (QED) is 0.447. The number of hydrogen-bond donors (Lipinski definition) is 1. The van der Waals surface area contributed by atoms with E-state index >= 15 is 0 Å². The molecule has 3 rings (SSSR count). The molecule has 35 heavy (non-hydrogen) atoms. The largest absolute Gasteiger partial charge is 0.573 e. The van der Waals surface area contributed by atoms with Crippen LogP contribution in [0.4, 0.5) is 30.7 Å².